The molecular weight excluding hydrogens is 272 g/mol. The van der Waals surface area contributed by atoms with Gasteiger partial charge in [0.1, 0.15) is 0 Å². The van der Waals surface area contributed by atoms with Crippen LogP contribution in [0.3, 0.4) is 0 Å². The SMILES string of the molecule is Cc1snnc1C(=O)N1CC[C@H]2[C@H]1CCN2CC1CC1. The number of amides is 1. The molecule has 0 radical (unpaired) electrons. The Kier molecular flexibility index (Phi) is 3.03. The molecule has 3 aliphatic rings. The highest BCUT2D eigenvalue weighted by molar-refractivity contribution is 7.05. The van der Waals surface area contributed by atoms with Crippen LogP contribution in [-0.2, 0) is 0 Å². The summed E-state index contributed by atoms with van der Waals surface area (Å²) in [5, 5.41) is 4.02. The zero-order chi connectivity index (χ0) is 13.7. The second kappa shape index (κ2) is 4.77. The summed E-state index contributed by atoms with van der Waals surface area (Å²) >= 11 is 1.31. The topological polar surface area (TPSA) is 49.3 Å². The first-order chi connectivity index (χ1) is 9.74. The molecule has 3 heterocycles. The van der Waals surface area contributed by atoms with Crippen molar-refractivity contribution < 1.29 is 4.79 Å². The fourth-order valence-corrected chi connectivity index (χ4v) is 4.21. The molecule has 0 aromatic carbocycles. The van der Waals surface area contributed by atoms with Gasteiger partial charge < -0.3 is 4.90 Å². The van der Waals surface area contributed by atoms with Crippen LogP contribution in [0, 0.1) is 12.8 Å². The van der Waals surface area contributed by atoms with E-state index in [1.165, 1.54) is 30.9 Å². The molecule has 108 valence electrons. The Morgan fingerprint density at radius 3 is 2.75 bits per heavy atom. The van der Waals surface area contributed by atoms with E-state index in [0.717, 1.165) is 36.7 Å². The van der Waals surface area contributed by atoms with Gasteiger partial charge >= 0.3 is 0 Å². The van der Waals surface area contributed by atoms with Crippen LogP contribution < -0.4 is 0 Å². The number of carbonyl (C=O) groups excluding carboxylic acids is 1. The van der Waals surface area contributed by atoms with Crippen molar-refractivity contribution in [3.63, 3.8) is 0 Å². The van der Waals surface area contributed by atoms with Crippen molar-refractivity contribution in [1.29, 1.82) is 0 Å². The Morgan fingerprint density at radius 2 is 2.05 bits per heavy atom. The van der Waals surface area contributed by atoms with Crippen molar-refractivity contribution in [2.75, 3.05) is 19.6 Å². The van der Waals surface area contributed by atoms with Crippen LogP contribution in [0.4, 0.5) is 0 Å². The molecule has 5 nitrogen and oxygen atoms in total. The third-order valence-corrected chi connectivity index (χ3v) is 5.63. The minimum atomic E-state index is 0.0945. The zero-order valence-electron chi connectivity index (χ0n) is 11.8. The van der Waals surface area contributed by atoms with Crippen LogP contribution in [0.25, 0.3) is 0 Å². The van der Waals surface area contributed by atoms with E-state index in [1.54, 1.807) is 0 Å². The average Bonchev–Trinajstić information content (AvgIpc) is 2.85. The lowest BCUT2D eigenvalue weighted by Crippen LogP contribution is -2.40. The van der Waals surface area contributed by atoms with E-state index in [1.807, 2.05) is 6.92 Å². The van der Waals surface area contributed by atoms with Gasteiger partial charge in [0.2, 0.25) is 0 Å². The number of carbonyl (C=O) groups is 1. The van der Waals surface area contributed by atoms with Gasteiger partial charge in [0.25, 0.3) is 5.91 Å². The molecule has 20 heavy (non-hydrogen) atoms. The van der Waals surface area contributed by atoms with Crippen molar-refractivity contribution >= 4 is 17.4 Å². The summed E-state index contributed by atoms with van der Waals surface area (Å²) < 4.78 is 3.90. The van der Waals surface area contributed by atoms with Gasteiger partial charge in [-0.25, -0.2) is 0 Å². The van der Waals surface area contributed by atoms with Crippen molar-refractivity contribution in [2.45, 2.75) is 44.7 Å². The van der Waals surface area contributed by atoms with E-state index in [2.05, 4.69) is 19.4 Å². The predicted molar refractivity (Wildman–Crippen MR) is 76.8 cm³/mol. The Hall–Kier alpha value is -1.01. The van der Waals surface area contributed by atoms with E-state index >= 15 is 0 Å². The van der Waals surface area contributed by atoms with E-state index in [-0.39, 0.29) is 5.91 Å². The summed E-state index contributed by atoms with van der Waals surface area (Å²) in [6.45, 7) is 5.22. The standard InChI is InChI=1S/C14H20N4OS/c1-9-13(15-16-20-9)14(19)18-7-5-11-12(18)4-6-17(11)8-10-2-3-10/h10-12H,2-8H2,1H3/t11-,12+/m0/s1. The van der Waals surface area contributed by atoms with Gasteiger partial charge in [-0.15, -0.1) is 5.10 Å². The molecule has 0 spiro atoms. The van der Waals surface area contributed by atoms with Crippen LogP contribution in [0.1, 0.15) is 41.0 Å². The van der Waals surface area contributed by atoms with Gasteiger partial charge in [-0.1, -0.05) is 4.49 Å². The van der Waals surface area contributed by atoms with Crippen LogP contribution in [0.5, 0.6) is 0 Å². The molecule has 4 rings (SSSR count). The first-order valence-corrected chi connectivity index (χ1v) is 8.35. The largest absolute Gasteiger partial charge is 0.333 e. The van der Waals surface area contributed by atoms with Gasteiger partial charge in [-0.3, -0.25) is 9.69 Å². The zero-order valence-corrected chi connectivity index (χ0v) is 12.6. The van der Waals surface area contributed by atoms with E-state index < -0.39 is 0 Å². The molecule has 2 atom stereocenters. The Balaban J connectivity index is 1.48. The summed E-state index contributed by atoms with van der Waals surface area (Å²) in [5.41, 5.74) is 0.566. The molecule has 2 saturated heterocycles. The summed E-state index contributed by atoms with van der Waals surface area (Å²) in [6.07, 6.45) is 5.06. The van der Waals surface area contributed by atoms with Crippen LogP contribution in [0.2, 0.25) is 0 Å². The van der Waals surface area contributed by atoms with Crippen LogP contribution in [0.15, 0.2) is 0 Å². The molecule has 6 heteroatoms. The third kappa shape index (κ3) is 2.05. The lowest BCUT2D eigenvalue weighted by atomic mass is 10.1. The number of rotatable bonds is 3. The number of aromatic nitrogens is 2. The van der Waals surface area contributed by atoms with Crippen molar-refractivity contribution in [3.05, 3.63) is 10.6 Å². The Morgan fingerprint density at radius 1 is 1.25 bits per heavy atom. The summed E-state index contributed by atoms with van der Waals surface area (Å²) in [4.78, 5) is 18.2. The number of likely N-dealkylation sites (tertiary alicyclic amines) is 2. The Bertz CT molecular complexity index is 527. The molecule has 1 saturated carbocycles. The lowest BCUT2D eigenvalue weighted by Gasteiger charge is -2.25. The number of fused-ring (bicyclic) bond motifs is 1. The molecule has 1 amide bonds. The maximum absolute atomic E-state index is 12.6. The highest BCUT2D eigenvalue weighted by Gasteiger charge is 2.46. The van der Waals surface area contributed by atoms with Gasteiger partial charge in [0.05, 0.1) is 4.88 Å². The molecule has 1 aromatic rings. The van der Waals surface area contributed by atoms with Gasteiger partial charge in [-0.05, 0) is 50.1 Å². The first kappa shape index (κ1) is 12.7. The first-order valence-electron chi connectivity index (χ1n) is 7.58. The van der Waals surface area contributed by atoms with Crippen molar-refractivity contribution in [1.82, 2.24) is 19.4 Å². The molecule has 0 bridgehead atoms. The number of hydrogen-bond donors (Lipinski definition) is 0. The Labute approximate surface area is 123 Å². The van der Waals surface area contributed by atoms with E-state index in [0.29, 0.717) is 17.8 Å². The van der Waals surface area contributed by atoms with Crippen LogP contribution in [-0.4, -0.2) is 57.0 Å². The summed E-state index contributed by atoms with van der Waals surface area (Å²) in [6, 6.07) is 0.994. The smallest absolute Gasteiger partial charge is 0.275 e. The normalized spacial score (nSPS) is 29.9. The van der Waals surface area contributed by atoms with Crippen LogP contribution >= 0.6 is 11.5 Å². The summed E-state index contributed by atoms with van der Waals surface area (Å²) in [7, 11) is 0. The molecule has 2 aliphatic heterocycles. The highest BCUT2D eigenvalue weighted by atomic mass is 32.1. The predicted octanol–water partition coefficient (Wildman–Crippen LogP) is 1.55. The fourth-order valence-electron chi connectivity index (χ4n) is 3.75. The second-order valence-electron chi connectivity index (χ2n) is 6.33. The average molecular weight is 292 g/mol. The maximum atomic E-state index is 12.6. The monoisotopic (exact) mass is 292 g/mol. The number of nitrogens with zero attached hydrogens (tertiary/aromatic N) is 4. The molecular formula is C14H20N4OS. The summed E-state index contributed by atoms with van der Waals surface area (Å²) in [5.74, 6) is 1.03. The minimum Gasteiger partial charge on any atom is -0.333 e. The van der Waals surface area contributed by atoms with E-state index in [9.17, 15) is 4.79 Å². The van der Waals surface area contributed by atoms with Crippen molar-refractivity contribution in [3.8, 4) is 0 Å². The highest BCUT2D eigenvalue weighted by Crippen LogP contribution is 2.37. The van der Waals surface area contributed by atoms with Gasteiger partial charge in [-0.2, -0.15) is 0 Å². The molecule has 1 aliphatic carbocycles. The minimum absolute atomic E-state index is 0.0945. The third-order valence-electron chi connectivity index (χ3n) is 5.00. The maximum Gasteiger partial charge on any atom is 0.275 e. The van der Waals surface area contributed by atoms with Crippen molar-refractivity contribution in [2.24, 2.45) is 5.92 Å². The van der Waals surface area contributed by atoms with E-state index in [4.69, 9.17) is 0 Å². The fraction of sp³-hybridized carbons (Fsp3) is 0.786. The van der Waals surface area contributed by atoms with Gasteiger partial charge in [0, 0.05) is 31.7 Å². The molecule has 0 unspecified atom stereocenters. The lowest BCUT2D eigenvalue weighted by molar-refractivity contribution is 0.0725. The quantitative estimate of drug-likeness (QED) is 0.848. The second-order valence-corrected chi connectivity index (χ2v) is 7.28. The van der Waals surface area contributed by atoms with Gasteiger partial charge in [0.15, 0.2) is 5.69 Å². The number of aryl methyl sites for hydroxylation is 1. The number of hydrogen-bond acceptors (Lipinski definition) is 5. The molecule has 3 fully saturated rings. The molecule has 0 N–H and O–H groups in total. The molecule has 1 aromatic heterocycles.